The number of nitrogens with one attached hydrogen (secondary N) is 1. The lowest BCUT2D eigenvalue weighted by Crippen LogP contribution is -2.33. The summed E-state index contributed by atoms with van der Waals surface area (Å²) >= 11 is 5.51. The molecule has 0 fully saturated rings. The van der Waals surface area contributed by atoms with E-state index in [9.17, 15) is 8.42 Å². The zero-order valence-electron chi connectivity index (χ0n) is 8.51. The van der Waals surface area contributed by atoms with Crippen LogP contribution in [0.3, 0.4) is 0 Å². The monoisotopic (exact) mass is 259 g/mol. The van der Waals surface area contributed by atoms with E-state index in [0.717, 1.165) is 6.20 Å². The average Bonchev–Trinajstić information content (AvgIpc) is 2.28. The topological polar surface area (TPSA) is 82.9 Å². The summed E-state index contributed by atoms with van der Waals surface area (Å²) in [5.41, 5.74) is 0.171. The molecule has 0 spiro atoms. The fraction of sp³-hybridized carbons (Fsp3) is 0.333. The van der Waals surface area contributed by atoms with Gasteiger partial charge in [-0.1, -0.05) is 0 Å². The van der Waals surface area contributed by atoms with E-state index in [-0.39, 0.29) is 22.5 Å². The molecule has 0 aliphatic carbocycles. The number of rotatable bonds is 4. The van der Waals surface area contributed by atoms with Crippen LogP contribution in [0.25, 0.3) is 0 Å². The molecule has 86 valence electrons. The molecule has 0 amide bonds. The zero-order valence-corrected chi connectivity index (χ0v) is 10.1. The molecule has 0 saturated heterocycles. The van der Waals surface area contributed by atoms with Gasteiger partial charge in [-0.15, -0.1) is 11.6 Å². The maximum absolute atomic E-state index is 11.7. The van der Waals surface area contributed by atoms with E-state index >= 15 is 0 Å². The fourth-order valence-electron chi connectivity index (χ4n) is 0.970. The SMILES string of the molecule is CC(CCl)NS(=O)(=O)c1ccc(C#N)nc1. The number of nitrogens with zero attached hydrogens (tertiary/aromatic N) is 2. The Balaban J connectivity index is 2.95. The molecule has 1 unspecified atom stereocenters. The van der Waals surface area contributed by atoms with E-state index in [1.165, 1.54) is 12.1 Å². The number of aromatic nitrogens is 1. The van der Waals surface area contributed by atoms with Gasteiger partial charge in [0.1, 0.15) is 16.7 Å². The number of hydrogen-bond donors (Lipinski definition) is 1. The van der Waals surface area contributed by atoms with Gasteiger partial charge in [0.25, 0.3) is 0 Å². The van der Waals surface area contributed by atoms with Crippen molar-refractivity contribution in [3.8, 4) is 6.07 Å². The number of nitriles is 1. The highest BCUT2D eigenvalue weighted by atomic mass is 35.5. The third-order valence-electron chi connectivity index (χ3n) is 1.75. The summed E-state index contributed by atoms with van der Waals surface area (Å²) in [6.07, 6.45) is 1.14. The largest absolute Gasteiger partial charge is 0.244 e. The Labute approximate surface area is 99.1 Å². The van der Waals surface area contributed by atoms with E-state index in [0.29, 0.717) is 0 Å². The van der Waals surface area contributed by atoms with E-state index < -0.39 is 10.0 Å². The van der Waals surface area contributed by atoms with Gasteiger partial charge in [-0.05, 0) is 19.1 Å². The summed E-state index contributed by atoms with van der Waals surface area (Å²) in [6.45, 7) is 1.65. The molecule has 0 saturated carbocycles. The van der Waals surface area contributed by atoms with Crippen molar-refractivity contribution < 1.29 is 8.42 Å². The first-order chi connectivity index (χ1) is 7.49. The van der Waals surface area contributed by atoms with Gasteiger partial charge in [0.2, 0.25) is 10.0 Å². The van der Waals surface area contributed by atoms with Crippen molar-refractivity contribution in [2.75, 3.05) is 5.88 Å². The van der Waals surface area contributed by atoms with Gasteiger partial charge in [0.15, 0.2) is 0 Å². The second-order valence-corrected chi connectivity index (χ2v) is 5.19. The van der Waals surface area contributed by atoms with Crippen molar-refractivity contribution in [1.29, 1.82) is 5.26 Å². The van der Waals surface area contributed by atoms with Crippen LogP contribution < -0.4 is 4.72 Å². The Bertz CT molecular complexity index is 492. The van der Waals surface area contributed by atoms with Crippen LogP contribution in [-0.4, -0.2) is 25.3 Å². The molecule has 1 atom stereocenters. The molecule has 1 heterocycles. The molecule has 1 N–H and O–H groups in total. The Hall–Kier alpha value is -1.16. The summed E-state index contributed by atoms with van der Waals surface area (Å²) in [5.74, 6) is 0.183. The molecule has 0 aliphatic heterocycles. The first-order valence-corrected chi connectivity index (χ1v) is 6.46. The molecule has 7 heteroatoms. The summed E-state index contributed by atoms with van der Waals surface area (Å²) in [7, 11) is -3.60. The van der Waals surface area contributed by atoms with Gasteiger partial charge < -0.3 is 0 Å². The van der Waals surface area contributed by atoms with Crippen molar-refractivity contribution in [3.05, 3.63) is 24.0 Å². The van der Waals surface area contributed by atoms with Gasteiger partial charge in [-0.2, -0.15) is 5.26 Å². The van der Waals surface area contributed by atoms with Crippen molar-refractivity contribution in [2.24, 2.45) is 0 Å². The first-order valence-electron chi connectivity index (χ1n) is 4.44. The minimum Gasteiger partial charge on any atom is -0.244 e. The summed E-state index contributed by atoms with van der Waals surface area (Å²) in [6, 6.07) is 4.13. The molecule has 1 rings (SSSR count). The molecular weight excluding hydrogens is 250 g/mol. The number of halogens is 1. The quantitative estimate of drug-likeness (QED) is 0.813. The lowest BCUT2D eigenvalue weighted by Gasteiger charge is -2.10. The van der Waals surface area contributed by atoms with Crippen LogP contribution in [0.1, 0.15) is 12.6 Å². The predicted octanol–water partition coefficient (Wildman–Crippen LogP) is 0.859. The van der Waals surface area contributed by atoms with E-state index in [1.807, 2.05) is 6.07 Å². The minimum atomic E-state index is -3.60. The number of hydrogen-bond acceptors (Lipinski definition) is 4. The Morgan fingerprint density at radius 3 is 2.75 bits per heavy atom. The molecule has 1 aromatic rings. The van der Waals surface area contributed by atoms with Crippen molar-refractivity contribution in [3.63, 3.8) is 0 Å². The molecule has 0 aromatic carbocycles. The molecule has 0 radical (unpaired) electrons. The summed E-state index contributed by atoms with van der Waals surface area (Å²) < 4.78 is 25.8. The third kappa shape index (κ3) is 3.17. The maximum atomic E-state index is 11.7. The van der Waals surface area contributed by atoms with Crippen LogP contribution in [0.2, 0.25) is 0 Å². The third-order valence-corrected chi connectivity index (χ3v) is 3.79. The number of pyridine rings is 1. The van der Waals surface area contributed by atoms with Gasteiger partial charge in [-0.3, -0.25) is 0 Å². The summed E-state index contributed by atoms with van der Waals surface area (Å²) in [5, 5.41) is 8.52. The minimum absolute atomic E-state index is 0.0171. The molecule has 5 nitrogen and oxygen atoms in total. The first kappa shape index (κ1) is 12.9. The van der Waals surface area contributed by atoms with Crippen LogP contribution in [0.5, 0.6) is 0 Å². The summed E-state index contributed by atoms with van der Waals surface area (Å²) in [4.78, 5) is 3.70. The van der Waals surface area contributed by atoms with Crippen molar-refractivity contribution in [2.45, 2.75) is 17.9 Å². The van der Waals surface area contributed by atoms with Crippen LogP contribution in [0, 0.1) is 11.3 Å². The number of sulfonamides is 1. The van der Waals surface area contributed by atoms with Crippen LogP contribution in [-0.2, 0) is 10.0 Å². The molecule has 0 aliphatic rings. The van der Waals surface area contributed by atoms with Crippen LogP contribution >= 0.6 is 11.6 Å². The van der Waals surface area contributed by atoms with E-state index in [2.05, 4.69) is 9.71 Å². The highest BCUT2D eigenvalue weighted by molar-refractivity contribution is 7.89. The normalized spacial score (nSPS) is 13.1. The Morgan fingerprint density at radius 1 is 1.62 bits per heavy atom. The van der Waals surface area contributed by atoms with Gasteiger partial charge in [0, 0.05) is 18.1 Å². The highest BCUT2D eigenvalue weighted by Crippen LogP contribution is 2.08. The molecule has 0 bridgehead atoms. The highest BCUT2D eigenvalue weighted by Gasteiger charge is 2.16. The fourth-order valence-corrected chi connectivity index (χ4v) is 2.33. The van der Waals surface area contributed by atoms with E-state index in [4.69, 9.17) is 16.9 Å². The second kappa shape index (κ2) is 5.25. The van der Waals surface area contributed by atoms with E-state index in [1.54, 1.807) is 6.92 Å². The maximum Gasteiger partial charge on any atom is 0.242 e. The van der Waals surface area contributed by atoms with Gasteiger partial charge in [0.05, 0.1) is 0 Å². The Kier molecular flexibility index (Phi) is 4.24. The molecular formula is C9H10ClN3O2S. The predicted molar refractivity (Wildman–Crippen MR) is 59.5 cm³/mol. The lowest BCUT2D eigenvalue weighted by atomic mass is 10.4. The zero-order chi connectivity index (χ0) is 12.2. The number of alkyl halides is 1. The van der Waals surface area contributed by atoms with Crippen LogP contribution in [0.15, 0.2) is 23.2 Å². The van der Waals surface area contributed by atoms with Gasteiger partial charge in [-0.25, -0.2) is 18.1 Å². The second-order valence-electron chi connectivity index (χ2n) is 3.17. The lowest BCUT2D eigenvalue weighted by molar-refractivity contribution is 0.570. The van der Waals surface area contributed by atoms with Crippen molar-refractivity contribution in [1.82, 2.24) is 9.71 Å². The average molecular weight is 260 g/mol. The van der Waals surface area contributed by atoms with Crippen LogP contribution in [0.4, 0.5) is 0 Å². The standard InChI is InChI=1S/C9H10ClN3O2S/c1-7(4-10)13-16(14,15)9-3-2-8(5-11)12-6-9/h2-3,6-7,13H,4H2,1H3. The molecule has 1 aromatic heterocycles. The smallest absolute Gasteiger partial charge is 0.242 e. The Morgan fingerprint density at radius 2 is 2.31 bits per heavy atom. The molecule has 16 heavy (non-hydrogen) atoms. The van der Waals surface area contributed by atoms with Crippen molar-refractivity contribution >= 4 is 21.6 Å². The van der Waals surface area contributed by atoms with Gasteiger partial charge >= 0.3 is 0 Å².